The quantitative estimate of drug-likeness (QED) is 0.442. The van der Waals surface area contributed by atoms with E-state index in [1.165, 1.54) is 0 Å². The highest BCUT2D eigenvalue weighted by molar-refractivity contribution is 5.93. The first-order valence-electron chi connectivity index (χ1n) is 3.79. The molecule has 0 fully saturated rings. The Morgan fingerprint density at radius 1 is 1.46 bits per heavy atom. The summed E-state index contributed by atoms with van der Waals surface area (Å²) in [5.41, 5.74) is 7.81. The van der Waals surface area contributed by atoms with Crippen molar-refractivity contribution in [1.82, 2.24) is 0 Å². The molecule has 3 nitrogen and oxygen atoms in total. The maximum Gasteiger partial charge on any atom is 0.255 e. The Kier molecular flexibility index (Phi) is 4.32. The minimum absolute atomic E-state index is 0. The van der Waals surface area contributed by atoms with Crippen molar-refractivity contribution < 1.29 is 33.3 Å². The molecular formula is C9H13IN2O. The van der Waals surface area contributed by atoms with Gasteiger partial charge in [0, 0.05) is 13.0 Å². The SMILES string of the molecule is Cc1cc(C)[n+](C)cc1C(N)=O.[I-]. The van der Waals surface area contributed by atoms with Crippen LogP contribution in [0.2, 0.25) is 0 Å². The van der Waals surface area contributed by atoms with E-state index < -0.39 is 0 Å². The number of primary amides is 1. The molecule has 0 saturated carbocycles. The van der Waals surface area contributed by atoms with Gasteiger partial charge in [0.25, 0.3) is 5.91 Å². The fraction of sp³-hybridized carbons (Fsp3) is 0.333. The molecule has 0 aliphatic rings. The molecule has 0 aromatic carbocycles. The maximum absolute atomic E-state index is 10.9. The molecule has 1 aromatic heterocycles. The van der Waals surface area contributed by atoms with Crippen LogP contribution < -0.4 is 34.3 Å². The van der Waals surface area contributed by atoms with Crippen LogP contribution in [0.25, 0.3) is 0 Å². The molecule has 72 valence electrons. The Morgan fingerprint density at radius 3 is 2.46 bits per heavy atom. The number of carbonyl (C=O) groups excluding carboxylic acids is 1. The molecule has 1 heterocycles. The highest BCUT2D eigenvalue weighted by Crippen LogP contribution is 2.04. The van der Waals surface area contributed by atoms with Crippen molar-refractivity contribution in [3.05, 3.63) is 29.1 Å². The minimum Gasteiger partial charge on any atom is -1.00 e. The van der Waals surface area contributed by atoms with Crippen LogP contribution in [0.1, 0.15) is 21.6 Å². The number of hydrogen-bond acceptors (Lipinski definition) is 1. The van der Waals surface area contributed by atoms with Crippen LogP contribution >= 0.6 is 0 Å². The van der Waals surface area contributed by atoms with Crippen molar-refractivity contribution in [3.63, 3.8) is 0 Å². The molecule has 1 amide bonds. The van der Waals surface area contributed by atoms with E-state index in [1.807, 2.05) is 31.5 Å². The predicted molar refractivity (Wildman–Crippen MR) is 45.6 cm³/mol. The number of nitrogens with two attached hydrogens (primary N) is 1. The second kappa shape index (κ2) is 4.55. The first-order valence-corrected chi connectivity index (χ1v) is 3.79. The van der Waals surface area contributed by atoms with Crippen LogP contribution in [0.3, 0.4) is 0 Å². The number of aryl methyl sites for hydroxylation is 3. The molecule has 1 rings (SSSR count). The Morgan fingerprint density at radius 2 is 2.00 bits per heavy atom. The molecule has 0 saturated heterocycles. The fourth-order valence-electron chi connectivity index (χ4n) is 1.15. The largest absolute Gasteiger partial charge is 1.00 e. The molecule has 4 heteroatoms. The molecule has 0 atom stereocenters. The fourth-order valence-corrected chi connectivity index (χ4v) is 1.15. The smallest absolute Gasteiger partial charge is 0.255 e. The lowest BCUT2D eigenvalue weighted by atomic mass is 10.1. The number of rotatable bonds is 1. The van der Waals surface area contributed by atoms with Gasteiger partial charge in [-0.25, -0.2) is 4.57 Å². The number of nitrogens with zero attached hydrogens (tertiary/aromatic N) is 1. The zero-order valence-electron chi connectivity index (χ0n) is 7.97. The first-order chi connectivity index (χ1) is 5.52. The minimum atomic E-state index is -0.372. The van der Waals surface area contributed by atoms with E-state index in [2.05, 4.69) is 0 Å². The van der Waals surface area contributed by atoms with E-state index in [0.29, 0.717) is 5.56 Å². The summed E-state index contributed by atoms with van der Waals surface area (Å²) in [5.74, 6) is -0.372. The average Bonchev–Trinajstić information content (AvgIpc) is 1.96. The Balaban J connectivity index is 0.00000144. The molecular weight excluding hydrogens is 279 g/mol. The van der Waals surface area contributed by atoms with Gasteiger partial charge in [0.2, 0.25) is 0 Å². The maximum atomic E-state index is 10.9. The zero-order valence-corrected chi connectivity index (χ0v) is 10.1. The van der Waals surface area contributed by atoms with E-state index >= 15 is 0 Å². The van der Waals surface area contributed by atoms with Gasteiger partial charge in [-0.05, 0) is 12.5 Å². The van der Waals surface area contributed by atoms with Crippen LogP contribution in [-0.2, 0) is 7.05 Å². The third kappa shape index (κ3) is 2.65. The van der Waals surface area contributed by atoms with E-state index in [4.69, 9.17) is 5.73 Å². The van der Waals surface area contributed by atoms with Crippen LogP contribution in [0, 0.1) is 13.8 Å². The highest BCUT2D eigenvalue weighted by Gasteiger charge is 2.11. The zero-order chi connectivity index (χ0) is 9.30. The van der Waals surface area contributed by atoms with Crippen molar-refractivity contribution in [3.8, 4) is 0 Å². The number of pyridine rings is 1. The summed E-state index contributed by atoms with van der Waals surface area (Å²) in [7, 11) is 1.89. The van der Waals surface area contributed by atoms with Gasteiger partial charge in [-0.2, -0.15) is 0 Å². The monoisotopic (exact) mass is 292 g/mol. The van der Waals surface area contributed by atoms with Gasteiger partial charge >= 0.3 is 0 Å². The van der Waals surface area contributed by atoms with Crippen LogP contribution in [0.4, 0.5) is 0 Å². The summed E-state index contributed by atoms with van der Waals surface area (Å²) < 4.78 is 1.88. The summed E-state index contributed by atoms with van der Waals surface area (Å²) in [4.78, 5) is 10.9. The lowest BCUT2D eigenvalue weighted by molar-refractivity contribution is -0.677. The molecule has 1 aromatic rings. The van der Waals surface area contributed by atoms with Crippen LogP contribution in [0.15, 0.2) is 12.3 Å². The number of halogens is 1. The number of amides is 1. The van der Waals surface area contributed by atoms with E-state index in [0.717, 1.165) is 11.3 Å². The van der Waals surface area contributed by atoms with Crippen molar-refractivity contribution in [1.29, 1.82) is 0 Å². The van der Waals surface area contributed by atoms with Gasteiger partial charge in [-0.15, -0.1) is 0 Å². The highest BCUT2D eigenvalue weighted by atomic mass is 127. The number of hydrogen-bond donors (Lipinski definition) is 1. The Bertz CT molecular complexity index is 337. The first kappa shape index (κ1) is 12.3. The standard InChI is InChI=1S/C9H12N2O.HI/c1-6-4-7(2)11(3)5-8(6)9(10)12;/h4-5H,1-3H3,(H-,10,12);1H. The number of aromatic nitrogens is 1. The summed E-state index contributed by atoms with van der Waals surface area (Å²) in [6, 6.07) is 1.94. The second-order valence-corrected chi connectivity index (χ2v) is 2.99. The summed E-state index contributed by atoms with van der Waals surface area (Å²) in [5, 5.41) is 0. The molecule has 2 N–H and O–H groups in total. The van der Waals surface area contributed by atoms with Gasteiger partial charge in [0.05, 0.1) is 0 Å². The molecule has 0 spiro atoms. The molecule has 0 bridgehead atoms. The summed E-state index contributed by atoms with van der Waals surface area (Å²) >= 11 is 0. The summed E-state index contributed by atoms with van der Waals surface area (Å²) in [6.07, 6.45) is 1.76. The van der Waals surface area contributed by atoms with E-state index in [1.54, 1.807) is 6.20 Å². The van der Waals surface area contributed by atoms with Gasteiger partial charge in [-0.3, -0.25) is 4.79 Å². The molecule has 0 aliphatic heterocycles. The van der Waals surface area contributed by atoms with Gasteiger partial charge in [-0.1, -0.05) is 0 Å². The normalized spacial score (nSPS) is 9.15. The van der Waals surface area contributed by atoms with Crippen molar-refractivity contribution in [2.24, 2.45) is 12.8 Å². The van der Waals surface area contributed by atoms with Crippen molar-refractivity contribution in [2.45, 2.75) is 13.8 Å². The van der Waals surface area contributed by atoms with Crippen molar-refractivity contribution in [2.75, 3.05) is 0 Å². The average molecular weight is 292 g/mol. The number of carbonyl (C=O) groups is 1. The third-order valence-electron chi connectivity index (χ3n) is 1.99. The second-order valence-electron chi connectivity index (χ2n) is 2.99. The summed E-state index contributed by atoms with van der Waals surface area (Å²) in [6.45, 7) is 3.87. The van der Waals surface area contributed by atoms with E-state index in [-0.39, 0.29) is 29.9 Å². The molecule has 0 aliphatic carbocycles. The molecule has 0 unspecified atom stereocenters. The Labute approximate surface area is 95.0 Å². The molecule has 13 heavy (non-hydrogen) atoms. The van der Waals surface area contributed by atoms with Gasteiger partial charge < -0.3 is 29.7 Å². The lowest BCUT2D eigenvalue weighted by Crippen LogP contribution is -3.00. The predicted octanol–water partition coefficient (Wildman–Crippen LogP) is -2.77. The van der Waals surface area contributed by atoms with Crippen molar-refractivity contribution >= 4 is 5.91 Å². The van der Waals surface area contributed by atoms with E-state index in [9.17, 15) is 4.79 Å². The third-order valence-corrected chi connectivity index (χ3v) is 1.99. The topological polar surface area (TPSA) is 47.0 Å². The van der Waals surface area contributed by atoms with Gasteiger partial charge in [0.15, 0.2) is 11.9 Å². The van der Waals surface area contributed by atoms with Crippen LogP contribution in [0.5, 0.6) is 0 Å². The lowest BCUT2D eigenvalue weighted by Gasteiger charge is -2.00. The molecule has 0 radical (unpaired) electrons. The Hall–Kier alpha value is -0.650. The van der Waals surface area contributed by atoms with Gasteiger partial charge in [0.1, 0.15) is 12.6 Å². The van der Waals surface area contributed by atoms with Crippen LogP contribution in [-0.4, -0.2) is 5.91 Å².